The van der Waals surface area contributed by atoms with E-state index >= 15 is 0 Å². The molecule has 4 rings (SSSR count). The van der Waals surface area contributed by atoms with Crippen molar-refractivity contribution in [3.05, 3.63) is 108 Å². The fraction of sp³-hybridized carbons (Fsp3) is 0.280. The topological polar surface area (TPSA) is 12.5 Å². The third-order valence-corrected chi connectivity index (χ3v) is 5.86. The van der Waals surface area contributed by atoms with Crippen molar-refractivity contribution in [2.75, 3.05) is 20.2 Å². The van der Waals surface area contributed by atoms with Gasteiger partial charge in [0.05, 0.1) is 18.8 Å². The standard InChI is InChI=1S/C25H27NO/c1-26-18-17-24(20-27-19-21-11-5-2-6-12-21)25(26,22-13-7-3-8-14-22)23-15-9-4-10-16-23/h2-16,24H,17-20H2,1H3. The van der Waals surface area contributed by atoms with Gasteiger partial charge >= 0.3 is 0 Å². The van der Waals surface area contributed by atoms with Gasteiger partial charge in [0, 0.05) is 5.92 Å². The second-order valence-corrected chi connectivity index (χ2v) is 7.41. The summed E-state index contributed by atoms with van der Waals surface area (Å²) in [7, 11) is 2.25. The van der Waals surface area contributed by atoms with Gasteiger partial charge in [-0.1, -0.05) is 91.0 Å². The molecule has 2 nitrogen and oxygen atoms in total. The van der Waals surface area contributed by atoms with Crippen LogP contribution >= 0.6 is 0 Å². The SMILES string of the molecule is CN1CCC(COCc2ccccc2)C1(c1ccccc1)c1ccccc1. The molecule has 0 bridgehead atoms. The number of rotatable bonds is 6. The van der Waals surface area contributed by atoms with Gasteiger partial charge in [-0.05, 0) is 36.7 Å². The molecule has 1 heterocycles. The van der Waals surface area contributed by atoms with E-state index in [4.69, 9.17) is 4.74 Å². The third-order valence-electron chi connectivity index (χ3n) is 5.86. The zero-order chi connectivity index (χ0) is 18.5. The minimum Gasteiger partial charge on any atom is -0.376 e. The van der Waals surface area contributed by atoms with Crippen LogP contribution in [0.2, 0.25) is 0 Å². The summed E-state index contributed by atoms with van der Waals surface area (Å²) in [5.74, 6) is 0.413. The maximum absolute atomic E-state index is 6.22. The minimum atomic E-state index is -0.140. The molecule has 138 valence electrons. The number of hydrogen-bond acceptors (Lipinski definition) is 2. The molecule has 3 aromatic carbocycles. The molecule has 1 atom stereocenters. The van der Waals surface area contributed by atoms with Gasteiger partial charge in [-0.25, -0.2) is 0 Å². The molecule has 1 aliphatic heterocycles. The normalized spacial score (nSPS) is 19.2. The highest BCUT2D eigenvalue weighted by Crippen LogP contribution is 2.47. The summed E-state index contributed by atoms with van der Waals surface area (Å²) in [4.78, 5) is 2.51. The van der Waals surface area contributed by atoms with Gasteiger partial charge in [-0.3, -0.25) is 4.90 Å². The molecule has 0 amide bonds. The molecular formula is C25H27NO. The fourth-order valence-corrected chi connectivity index (χ4v) is 4.61. The summed E-state index contributed by atoms with van der Waals surface area (Å²) in [6.07, 6.45) is 1.13. The van der Waals surface area contributed by atoms with E-state index in [1.807, 2.05) is 6.07 Å². The van der Waals surface area contributed by atoms with Crippen LogP contribution in [0.15, 0.2) is 91.0 Å². The van der Waals surface area contributed by atoms with E-state index in [1.54, 1.807) is 0 Å². The van der Waals surface area contributed by atoms with E-state index in [-0.39, 0.29) is 5.54 Å². The minimum absolute atomic E-state index is 0.140. The van der Waals surface area contributed by atoms with Crippen LogP contribution in [0.3, 0.4) is 0 Å². The van der Waals surface area contributed by atoms with Gasteiger partial charge in [0.25, 0.3) is 0 Å². The molecule has 0 spiro atoms. The lowest BCUT2D eigenvalue weighted by Gasteiger charge is -2.42. The molecule has 0 N–H and O–H groups in total. The van der Waals surface area contributed by atoms with Crippen molar-refractivity contribution < 1.29 is 4.74 Å². The smallest absolute Gasteiger partial charge is 0.0764 e. The Hall–Kier alpha value is -2.42. The maximum atomic E-state index is 6.22. The molecule has 0 aliphatic carbocycles. The molecule has 2 heteroatoms. The third kappa shape index (κ3) is 3.43. The monoisotopic (exact) mass is 357 g/mol. The highest BCUT2D eigenvalue weighted by atomic mass is 16.5. The second kappa shape index (κ2) is 8.08. The molecule has 0 radical (unpaired) electrons. The van der Waals surface area contributed by atoms with Crippen LogP contribution in [0.4, 0.5) is 0 Å². The summed E-state index contributed by atoms with van der Waals surface area (Å²) in [5, 5.41) is 0. The molecule has 1 unspecified atom stereocenters. The van der Waals surface area contributed by atoms with Crippen molar-refractivity contribution in [1.82, 2.24) is 4.90 Å². The molecular weight excluding hydrogens is 330 g/mol. The van der Waals surface area contributed by atoms with Gasteiger partial charge in [0.1, 0.15) is 0 Å². The lowest BCUT2D eigenvalue weighted by molar-refractivity contribution is 0.0499. The van der Waals surface area contributed by atoms with Crippen LogP contribution in [0.25, 0.3) is 0 Å². The largest absolute Gasteiger partial charge is 0.376 e. The quantitative estimate of drug-likeness (QED) is 0.609. The summed E-state index contributed by atoms with van der Waals surface area (Å²) in [5.41, 5.74) is 3.79. The van der Waals surface area contributed by atoms with E-state index in [2.05, 4.69) is 96.9 Å². The van der Waals surface area contributed by atoms with Crippen molar-refractivity contribution in [1.29, 1.82) is 0 Å². The van der Waals surface area contributed by atoms with Gasteiger partial charge in [0.2, 0.25) is 0 Å². The number of benzene rings is 3. The van der Waals surface area contributed by atoms with Gasteiger partial charge in [0.15, 0.2) is 0 Å². The van der Waals surface area contributed by atoms with Crippen LogP contribution in [0, 0.1) is 5.92 Å². The first kappa shape index (κ1) is 18.0. The van der Waals surface area contributed by atoms with E-state index in [9.17, 15) is 0 Å². The van der Waals surface area contributed by atoms with Gasteiger partial charge in [-0.15, -0.1) is 0 Å². The van der Waals surface area contributed by atoms with Crippen LogP contribution in [-0.2, 0) is 16.9 Å². The van der Waals surface area contributed by atoms with Crippen molar-refractivity contribution in [2.24, 2.45) is 5.92 Å². The van der Waals surface area contributed by atoms with E-state index < -0.39 is 0 Å². The Balaban J connectivity index is 1.65. The van der Waals surface area contributed by atoms with Gasteiger partial charge in [-0.2, -0.15) is 0 Å². The zero-order valence-electron chi connectivity index (χ0n) is 15.9. The zero-order valence-corrected chi connectivity index (χ0v) is 15.9. The van der Waals surface area contributed by atoms with Crippen LogP contribution in [0.5, 0.6) is 0 Å². The molecule has 3 aromatic rings. The Morgan fingerprint density at radius 3 is 1.89 bits per heavy atom. The lowest BCUT2D eigenvalue weighted by atomic mass is 9.74. The predicted molar refractivity (Wildman–Crippen MR) is 110 cm³/mol. The van der Waals surface area contributed by atoms with E-state index in [0.29, 0.717) is 12.5 Å². The summed E-state index contributed by atoms with van der Waals surface area (Å²) >= 11 is 0. The second-order valence-electron chi connectivity index (χ2n) is 7.41. The average Bonchev–Trinajstić information content (AvgIpc) is 3.07. The maximum Gasteiger partial charge on any atom is 0.0764 e. The van der Waals surface area contributed by atoms with Crippen LogP contribution < -0.4 is 0 Å². The predicted octanol–water partition coefficient (Wildman–Crippen LogP) is 5.10. The first-order valence-electron chi connectivity index (χ1n) is 9.76. The van der Waals surface area contributed by atoms with Crippen LogP contribution in [-0.4, -0.2) is 25.1 Å². The first-order chi connectivity index (χ1) is 13.3. The van der Waals surface area contributed by atoms with Gasteiger partial charge < -0.3 is 4.74 Å². The van der Waals surface area contributed by atoms with E-state index in [0.717, 1.165) is 19.6 Å². The summed E-state index contributed by atoms with van der Waals surface area (Å²) in [6.45, 7) is 2.49. The van der Waals surface area contributed by atoms with Crippen molar-refractivity contribution >= 4 is 0 Å². The molecule has 0 saturated carbocycles. The first-order valence-corrected chi connectivity index (χ1v) is 9.76. The average molecular weight is 357 g/mol. The molecule has 0 aromatic heterocycles. The number of ether oxygens (including phenoxy) is 1. The van der Waals surface area contributed by atoms with E-state index in [1.165, 1.54) is 16.7 Å². The fourth-order valence-electron chi connectivity index (χ4n) is 4.61. The Morgan fingerprint density at radius 2 is 1.33 bits per heavy atom. The Bertz CT molecular complexity index is 792. The van der Waals surface area contributed by atoms with Crippen LogP contribution in [0.1, 0.15) is 23.1 Å². The number of nitrogens with zero attached hydrogens (tertiary/aromatic N) is 1. The van der Waals surface area contributed by atoms with Crippen molar-refractivity contribution in [2.45, 2.75) is 18.6 Å². The molecule has 27 heavy (non-hydrogen) atoms. The molecule has 1 fully saturated rings. The summed E-state index contributed by atoms with van der Waals surface area (Å²) < 4.78 is 6.22. The Labute approximate surface area is 162 Å². The number of hydrogen-bond donors (Lipinski definition) is 0. The number of likely N-dealkylation sites (tertiary alicyclic amines) is 1. The molecule has 1 aliphatic rings. The highest BCUT2D eigenvalue weighted by Gasteiger charge is 2.49. The Kier molecular flexibility index (Phi) is 5.38. The Morgan fingerprint density at radius 1 is 0.815 bits per heavy atom. The summed E-state index contributed by atoms with van der Waals surface area (Å²) in [6, 6.07) is 32.3. The highest BCUT2D eigenvalue weighted by molar-refractivity contribution is 5.41. The van der Waals surface area contributed by atoms with Crippen molar-refractivity contribution in [3.8, 4) is 0 Å². The lowest BCUT2D eigenvalue weighted by Crippen LogP contribution is -2.45. The molecule has 1 saturated heterocycles. The van der Waals surface area contributed by atoms with Crippen molar-refractivity contribution in [3.63, 3.8) is 0 Å².